The number of anilines is 1. The number of aromatic nitrogens is 2. The van der Waals surface area contributed by atoms with Crippen molar-refractivity contribution in [2.24, 2.45) is 4.99 Å². The Hall–Kier alpha value is -3.15. The van der Waals surface area contributed by atoms with Gasteiger partial charge in [0.15, 0.2) is 9.51 Å². The number of benzene rings is 2. The van der Waals surface area contributed by atoms with E-state index in [-0.39, 0.29) is 17.6 Å². The Kier molecular flexibility index (Phi) is 7.43. The molecule has 0 spiro atoms. The van der Waals surface area contributed by atoms with E-state index in [0.29, 0.717) is 19.5 Å². The molecule has 0 aliphatic carbocycles. The predicted octanol–water partition coefficient (Wildman–Crippen LogP) is 4.48. The molecular weight excluding hydrogens is 478 g/mol. The lowest BCUT2D eigenvalue weighted by atomic mass is 10.2. The SMILES string of the molecule is COc1ccc(/C=C2\S/C(=N/c3nnc(SCC(=O)Nc4ccccc4C)s3)NC2=O)cc1. The highest BCUT2D eigenvalue weighted by Crippen LogP contribution is 2.31. The summed E-state index contributed by atoms with van der Waals surface area (Å²) in [5.41, 5.74) is 2.68. The first-order valence-corrected chi connectivity index (χ1v) is 12.4. The van der Waals surface area contributed by atoms with Gasteiger partial charge in [-0.1, -0.05) is 53.4 Å². The van der Waals surface area contributed by atoms with Gasteiger partial charge in [-0.15, -0.1) is 10.2 Å². The quantitative estimate of drug-likeness (QED) is 0.366. The molecule has 1 saturated heterocycles. The maximum Gasteiger partial charge on any atom is 0.264 e. The van der Waals surface area contributed by atoms with Gasteiger partial charge >= 0.3 is 0 Å². The number of methoxy groups -OCH3 is 1. The number of aliphatic imine (C=N–C) groups is 1. The van der Waals surface area contributed by atoms with Gasteiger partial charge in [-0.3, -0.25) is 9.59 Å². The van der Waals surface area contributed by atoms with Crippen molar-refractivity contribution in [2.45, 2.75) is 11.3 Å². The lowest BCUT2D eigenvalue weighted by Gasteiger charge is -2.06. The van der Waals surface area contributed by atoms with Crippen LogP contribution in [0.5, 0.6) is 5.75 Å². The minimum atomic E-state index is -0.221. The third-order valence-electron chi connectivity index (χ3n) is 4.40. The summed E-state index contributed by atoms with van der Waals surface area (Å²) in [7, 11) is 1.61. The summed E-state index contributed by atoms with van der Waals surface area (Å²) in [5, 5.41) is 14.6. The van der Waals surface area contributed by atoms with Crippen LogP contribution >= 0.6 is 34.9 Å². The second-order valence-corrected chi connectivity index (χ2v) is 9.97. The number of carbonyl (C=O) groups excluding carboxylic acids is 2. The number of hydrogen-bond donors (Lipinski definition) is 2. The molecule has 3 aromatic rings. The Morgan fingerprint density at radius 3 is 2.76 bits per heavy atom. The first-order valence-electron chi connectivity index (χ1n) is 9.75. The van der Waals surface area contributed by atoms with Crippen molar-refractivity contribution < 1.29 is 14.3 Å². The van der Waals surface area contributed by atoms with Gasteiger partial charge < -0.3 is 15.4 Å². The van der Waals surface area contributed by atoms with E-state index in [2.05, 4.69) is 25.8 Å². The predicted molar refractivity (Wildman–Crippen MR) is 134 cm³/mol. The Morgan fingerprint density at radius 2 is 2.00 bits per heavy atom. The summed E-state index contributed by atoms with van der Waals surface area (Å²) in [4.78, 5) is 29.4. The third kappa shape index (κ3) is 6.21. The van der Waals surface area contributed by atoms with Crippen molar-refractivity contribution >= 4 is 68.7 Å². The van der Waals surface area contributed by atoms with Crippen molar-refractivity contribution in [3.63, 3.8) is 0 Å². The first-order chi connectivity index (χ1) is 16.0. The minimum Gasteiger partial charge on any atom is -0.497 e. The zero-order chi connectivity index (χ0) is 23.2. The molecule has 0 bridgehead atoms. The van der Waals surface area contributed by atoms with E-state index in [1.165, 1.54) is 34.9 Å². The summed E-state index contributed by atoms with van der Waals surface area (Å²) >= 11 is 3.78. The van der Waals surface area contributed by atoms with E-state index in [9.17, 15) is 9.59 Å². The second-order valence-electron chi connectivity index (χ2n) is 6.76. The largest absolute Gasteiger partial charge is 0.497 e. The van der Waals surface area contributed by atoms with E-state index < -0.39 is 0 Å². The maximum atomic E-state index is 12.3. The van der Waals surface area contributed by atoms with E-state index in [1.54, 1.807) is 13.2 Å². The maximum absolute atomic E-state index is 12.3. The molecule has 1 aromatic heterocycles. The third-order valence-corrected chi connectivity index (χ3v) is 7.26. The molecule has 0 radical (unpaired) electrons. The van der Waals surface area contributed by atoms with Gasteiger partial charge in [0.05, 0.1) is 17.8 Å². The molecule has 0 atom stereocenters. The number of carbonyl (C=O) groups is 2. The average Bonchev–Trinajstić information content (AvgIpc) is 3.40. The molecule has 2 N–H and O–H groups in total. The van der Waals surface area contributed by atoms with Crippen LogP contribution in [0.25, 0.3) is 6.08 Å². The van der Waals surface area contributed by atoms with Crippen molar-refractivity contribution in [3.05, 3.63) is 64.6 Å². The van der Waals surface area contributed by atoms with E-state index in [4.69, 9.17) is 4.74 Å². The summed E-state index contributed by atoms with van der Waals surface area (Å²) < 4.78 is 5.77. The number of hydrogen-bond acceptors (Lipinski definition) is 9. The Bertz CT molecular complexity index is 1240. The van der Waals surface area contributed by atoms with Crippen molar-refractivity contribution in [3.8, 4) is 5.75 Å². The normalized spacial score (nSPS) is 15.6. The van der Waals surface area contributed by atoms with E-state index >= 15 is 0 Å². The number of amidine groups is 1. The van der Waals surface area contributed by atoms with Crippen LogP contribution in [0.4, 0.5) is 10.8 Å². The second kappa shape index (κ2) is 10.6. The van der Waals surface area contributed by atoms with Crippen molar-refractivity contribution in [2.75, 3.05) is 18.2 Å². The summed E-state index contributed by atoms with van der Waals surface area (Å²) in [5.74, 6) is 0.617. The van der Waals surface area contributed by atoms with Crippen LogP contribution in [0.1, 0.15) is 11.1 Å². The lowest BCUT2D eigenvalue weighted by Crippen LogP contribution is -2.19. The molecule has 1 aliphatic heterocycles. The van der Waals surface area contributed by atoms with Crippen molar-refractivity contribution in [1.29, 1.82) is 0 Å². The summed E-state index contributed by atoms with van der Waals surface area (Å²) in [6.45, 7) is 1.94. The topological polar surface area (TPSA) is 106 Å². The molecule has 0 unspecified atom stereocenters. The van der Waals surface area contributed by atoms with Crippen LogP contribution in [0.3, 0.4) is 0 Å². The van der Waals surface area contributed by atoms with Gasteiger partial charge in [0.2, 0.25) is 11.0 Å². The number of thioether (sulfide) groups is 2. The van der Waals surface area contributed by atoms with Crippen LogP contribution in [-0.4, -0.2) is 40.0 Å². The summed E-state index contributed by atoms with van der Waals surface area (Å²) in [6, 6.07) is 15.0. The van der Waals surface area contributed by atoms with Gasteiger partial charge in [0.25, 0.3) is 5.91 Å². The van der Waals surface area contributed by atoms with Crippen LogP contribution in [0, 0.1) is 6.92 Å². The number of rotatable bonds is 7. The molecular formula is C22H19N5O3S3. The Labute approximate surface area is 202 Å². The van der Waals surface area contributed by atoms with Gasteiger partial charge in [-0.2, -0.15) is 4.99 Å². The highest BCUT2D eigenvalue weighted by atomic mass is 32.2. The van der Waals surface area contributed by atoms with Crippen molar-refractivity contribution in [1.82, 2.24) is 15.5 Å². The molecule has 2 heterocycles. The van der Waals surface area contributed by atoms with Crippen LogP contribution in [0.2, 0.25) is 0 Å². The molecule has 168 valence electrons. The highest BCUT2D eigenvalue weighted by Gasteiger charge is 2.24. The molecule has 0 saturated carbocycles. The highest BCUT2D eigenvalue weighted by molar-refractivity contribution is 8.18. The molecule has 2 aromatic carbocycles. The fourth-order valence-corrected chi connectivity index (χ4v) is 5.15. The Balaban J connectivity index is 1.34. The van der Waals surface area contributed by atoms with Gasteiger partial charge in [0.1, 0.15) is 5.75 Å². The van der Waals surface area contributed by atoms with Gasteiger partial charge in [-0.05, 0) is 54.1 Å². The van der Waals surface area contributed by atoms with E-state index in [1.807, 2.05) is 55.5 Å². The lowest BCUT2D eigenvalue weighted by molar-refractivity contribution is -0.115. The molecule has 33 heavy (non-hydrogen) atoms. The van der Waals surface area contributed by atoms with Gasteiger partial charge in [0, 0.05) is 5.69 Å². The fraction of sp³-hybridized carbons (Fsp3) is 0.136. The molecule has 11 heteroatoms. The zero-order valence-corrected chi connectivity index (χ0v) is 20.1. The number of para-hydroxylation sites is 1. The molecule has 8 nitrogen and oxygen atoms in total. The number of amides is 2. The number of nitrogens with zero attached hydrogens (tertiary/aromatic N) is 3. The van der Waals surface area contributed by atoms with E-state index in [0.717, 1.165) is 22.6 Å². The van der Waals surface area contributed by atoms with Gasteiger partial charge in [-0.25, -0.2) is 0 Å². The number of nitrogens with one attached hydrogen (secondary N) is 2. The first kappa shape index (κ1) is 23.0. The fourth-order valence-electron chi connectivity index (χ4n) is 2.75. The molecule has 4 rings (SSSR count). The Morgan fingerprint density at radius 1 is 1.21 bits per heavy atom. The average molecular weight is 498 g/mol. The van der Waals surface area contributed by atoms with Crippen LogP contribution < -0.4 is 15.4 Å². The summed E-state index contributed by atoms with van der Waals surface area (Å²) in [6.07, 6.45) is 1.79. The van der Waals surface area contributed by atoms with Crippen LogP contribution in [-0.2, 0) is 9.59 Å². The standard InChI is InChI=1S/C22H19N5O3S3/c1-13-5-3-4-6-16(13)23-18(28)12-31-22-27-26-21(33-22)25-20-24-19(29)17(32-20)11-14-7-9-15(30-2)10-8-14/h3-11H,12H2,1-2H3,(H,23,28)(H,24,25,26,29)/b17-11-. The molecule has 1 fully saturated rings. The minimum absolute atomic E-state index is 0.121. The monoisotopic (exact) mass is 497 g/mol. The molecule has 1 aliphatic rings. The zero-order valence-electron chi connectivity index (χ0n) is 17.7. The number of ether oxygens (including phenoxy) is 1. The number of aryl methyl sites for hydroxylation is 1. The van der Waals surface area contributed by atoms with Crippen LogP contribution in [0.15, 0.2) is 62.8 Å². The molecule has 2 amide bonds. The smallest absolute Gasteiger partial charge is 0.264 e.